The van der Waals surface area contributed by atoms with Gasteiger partial charge in [-0.2, -0.15) is 0 Å². The molecule has 2 fully saturated rings. The molecule has 19 heavy (non-hydrogen) atoms. The minimum atomic E-state index is -0.0278. The van der Waals surface area contributed by atoms with Crippen molar-refractivity contribution in [3.8, 4) is 0 Å². The van der Waals surface area contributed by atoms with Crippen molar-refractivity contribution in [2.45, 2.75) is 77.9 Å². The molecule has 0 spiro atoms. The summed E-state index contributed by atoms with van der Waals surface area (Å²) in [5.74, 6) is 0.492. The van der Waals surface area contributed by atoms with Gasteiger partial charge >= 0.3 is 5.97 Å². The lowest BCUT2D eigenvalue weighted by atomic mass is 9.84. The van der Waals surface area contributed by atoms with Gasteiger partial charge in [-0.3, -0.25) is 4.79 Å². The van der Waals surface area contributed by atoms with E-state index in [1.165, 1.54) is 12.8 Å². The van der Waals surface area contributed by atoms with Crippen LogP contribution in [0.1, 0.15) is 65.7 Å². The van der Waals surface area contributed by atoms with Gasteiger partial charge in [0.15, 0.2) is 0 Å². The number of esters is 1. The van der Waals surface area contributed by atoms with E-state index >= 15 is 0 Å². The molecule has 0 aromatic rings. The molecule has 1 saturated carbocycles. The average Bonchev–Trinajstić information content (AvgIpc) is 3.11. The number of fused-ring (bicyclic) bond motifs is 1. The van der Waals surface area contributed by atoms with Gasteiger partial charge in [-0.05, 0) is 37.0 Å². The predicted octanol–water partition coefficient (Wildman–Crippen LogP) is 3.70. The van der Waals surface area contributed by atoms with E-state index in [4.69, 9.17) is 9.47 Å². The maximum atomic E-state index is 11.9. The molecule has 1 saturated heterocycles. The molecule has 3 heteroatoms. The van der Waals surface area contributed by atoms with E-state index in [0.29, 0.717) is 31.2 Å². The third-order valence-electron chi connectivity index (χ3n) is 4.42. The average molecular weight is 268 g/mol. The van der Waals surface area contributed by atoms with Crippen molar-refractivity contribution >= 4 is 5.97 Å². The fourth-order valence-corrected chi connectivity index (χ4v) is 3.03. The van der Waals surface area contributed by atoms with Gasteiger partial charge in [0, 0.05) is 0 Å². The Bertz CT molecular complexity index is 311. The Morgan fingerprint density at radius 2 is 2.11 bits per heavy atom. The van der Waals surface area contributed by atoms with Gasteiger partial charge in [0.2, 0.25) is 0 Å². The zero-order valence-electron chi connectivity index (χ0n) is 12.6. The highest BCUT2D eigenvalue weighted by atomic mass is 16.6. The second-order valence-corrected chi connectivity index (χ2v) is 7.02. The fourth-order valence-electron chi connectivity index (χ4n) is 3.03. The lowest BCUT2D eigenvalue weighted by Crippen LogP contribution is -2.23. The highest BCUT2D eigenvalue weighted by Crippen LogP contribution is 2.39. The highest BCUT2D eigenvalue weighted by molar-refractivity contribution is 5.70. The van der Waals surface area contributed by atoms with Crippen LogP contribution in [0.3, 0.4) is 0 Å². The number of carbonyl (C=O) groups is 1. The van der Waals surface area contributed by atoms with Crippen LogP contribution in [0.5, 0.6) is 0 Å². The first-order chi connectivity index (χ1) is 9.00. The highest BCUT2D eigenvalue weighted by Gasteiger charge is 2.44. The molecule has 0 N–H and O–H groups in total. The SMILES string of the molecule is CCCCC(C)(C)CC(=O)OCC1CCC2OC2C1. The molecule has 3 atom stereocenters. The number of rotatable bonds is 7. The number of carbonyl (C=O) groups excluding carboxylic acids is 1. The van der Waals surface area contributed by atoms with Crippen LogP contribution >= 0.6 is 0 Å². The van der Waals surface area contributed by atoms with E-state index in [1.54, 1.807) is 0 Å². The Morgan fingerprint density at radius 1 is 1.32 bits per heavy atom. The lowest BCUT2D eigenvalue weighted by molar-refractivity contribution is -0.147. The number of hydrogen-bond donors (Lipinski definition) is 0. The molecule has 0 bridgehead atoms. The minimum Gasteiger partial charge on any atom is -0.465 e. The van der Waals surface area contributed by atoms with Crippen LogP contribution in [0.4, 0.5) is 0 Å². The smallest absolute Gasteiger partial charge is 0.306 e. The van der Waals surface area contributed by atoms with Crippen LogP contribution in [0, 0.1) is 11.3 Å². The van der Waals surface area contributed by atoms with Gasteiger partial charge in [-0.1, -0.05) is 33.6 Å². The van der Waals surface area contributed by atoms with Gasteiger partial charge in [0.1, 0.15) is 0 Å². The number of hydrogen-bond acceptors (Lipinski definition) is 3. The maximum Gasteiger partial charge on any atom is 0.306 e. The molecule has 1 aliphatic heterocycles. The molecule has 0 amide bonds. The quantitative estimate of drug-likeness (QED) is 0.522. The van der Waals surface area contributed by atoms with Crippen LogP contribution in [0.25, 0.3) is 0 Å². The Labute approximate surface area is 117 Å². The summed E-state index contributed by atoms with van der Waals surface area (Å²) >= 11 is 0. The Morgan fingerprint density at radius 3 is 2.79 bits per heavy atom. The minimum absolute atomic E-state index is 0.0278. The molecule has 110 valence electrons. The molecule has 0 radical (unpaired) electrons. The van der Waals surface area contributed by atoms with E-state index in [0.717, 1.165) is 25.7 Å². The van der Waals surface area contributed by atoms with Crippen molar-refractivity contribution < 1.29 is 14.3 Å². The van der Waals surface area contributed by atoms with Crippen molar-refractivity contribution in [1.29, 1.82) is 0 Å². The summed E-state index contributed by atoms with van der Waals surface area (Å²) in [5, 5.41) is 0. The lowest BCUT2D eigenvalue weighted by Gasteiger charge is -2.24. The van der Waals surface area contributed by atoms with E-state index in [1.807, 2.05) is 0 Å². The summed E-state index contributed by atoms with van der Waals surface area (Å²) < 4.78 is 11.0. The third-order valence-corrected chi connectivity index (χ3v) is 4.42. The molecule has 2 rings (SSSR count). The van der Waals surface area contributed by atoms with Gasteiger partial charge < -0.3 is 9.47 Å². The number of unbranched alkanes of at least 4 members (excludes halogenated alkanes) is 1. The monoisotopic (exact) mass is 268 g/mol. The van der Waals surface area contributed by atoms with Gasteiger partial charge in [0.25, 0.3) is 0 Å². The summed E-state index contributed by atoms with van der Waals surface area (Å²) in [7, 11) is 0. The molecule has 0 aromatic heterocycles. The van der Waals surface area contributed by atoms with Crippen molar-refractivity contribution in [3.05, 3.63) is 0 Å². The maximum absolute atomic E-state index is 11.9. The Balaban J connectivity index is 1.63. The van der Waals surface area contributed by atoms with E-state index in [9.17, 15) is 4.79 Å². The van der Waals surface area contributed by atoms with Crippen LogP contribution in [0.2, 0.25) is 0 Å². The van der Waals surface area contributed by atoms with Gasteiger partial charge in [0.05, 0.1) is 25.2 Å². The second-order valence-electron chi connectivity index (χ2n) is 7.02. The normalized spacial score (nSPS) is 29.7. The zero-order valence-corrected chi connectivity index (χ0v) is 12.6. The fraction of sp³-hybridized carbons (Fsp3) is 0.938. The van der Waals surface area contributed by atoms with Crippen molar-refractivity contribution in [1.82, 2.24) is 0 Å². The first kappa shape index (κ1) is 14.8. The van der Waals surface area contributed by atoms with Crippen molar-refractivity contribution in [3.63, 3.8) is 0 Å². The third kappa shape index (κ3) is 4.79. The zero-order chi connectivity index (χ0) is 13.9. The van der Waals surface area contributed by atoms with Crippen LogP contribution in [0.15, 0.2) is 0 Å². The predicted molar refractivity (Wildman–Crippen MR) is 74.9 cm³/mol. The Kier molecular flexibility index (Phi) is 4.88. The first-order valence-corrected chi connectivity index (χ1v) is 7.81. The van der Waals surface area contributed by atoms with E-state index < -0.39 is 0 Å². The summed E-state index contributed by atoms with van der Waals surface area (Å²) in [5.41, 5.74) is 0.0738. The summed E-state index contributed by atoms with van der Waals surface area (Å²) in [4.78, 5) is 11.9. The summed E-state index contributed by atoms with van der Waals surface area (Å²) in [6.45, 7) is 7.10. The molecule has 1 aliphatic carbocycles. The first-order valence-electron chi connectivity index (χ1n) is 7.81. The summed E-state index contributed by atoms with van der Waals surface area (Å²) in [6, 6.07) is 0. The summed E-state index contributed by atoms with van der Waals surface area (Å²) in [6.07, 6.45) is 8.38. The molecule has 0 aromatic carbocycles. The molecule has 3 unspecified atom stereocenters. The van der Waals surface area contributed by atoms with Crippen molar-refractivity contribution in [2.75, 3.05) is 6.61 Å². The molecular weight excluding hydrogens is 240 g/mol. The van der Waals surface area contributed by atoms with Crippen LogP contribution in [-0.2, 0) is 14.3 Å². The van der Waals surface area contributed by atoms with Gasteiger partial charge in [-0.15, -0.1) is 0 Å². The largest absolute Gasteiger partial charge is 0.465 e. The standard InChI is InChI=1S/C16H28O3/c1-4-5-8-16(2,3)10-15(17)18-11-12-6-7-13-14(9-12)19-13/h12-14H,4-11H2,1-3H3. The topological polar surface area (TPSA) is 38.8 Å². The van der Waals surface area contributed by atoms with E-state index in [-0.39, 0.29) is 11.4 Å². The van der Waals surface area contributed by atoms with Crippen molar-refractivity contribution in [2.24, 2.45) is 11.3 Å². The van der Waals surface area contributed by atoms with E-state index in [2.05, 4.69) is 20.8 Å². The second kappa shape index (κ2) is 6.25. The molecule has 3 nitrogen and oxygen atoms in total. The molecule has 1 heterocycles. The van der Waals surface area contributed by atoms with Gasteiger partial charge in [-0.25, -0.2) is 0 Å². The number of epoxide rings is 1. The molecular formula is C16H28O3. The van der Waals surface area contributed by atoms with Crippen LogP contribution < -0.4 is 0 Å². The number of ether oxygens (including phenoxy) is 2. The Hall–Kier alpha value is -0.570. The molecule has 2 aliphatic rings. The van der Waals surface area contributed by atoms with Crippen LogP contribution in [-0.4, -0.2) is 24.8 Å².